The molecule has 5 nitrogen and oxygen atoms in total. The normalized spacial score (nSPS) is 10.1. The second kappa shape index (κ2) is 4.83. The predicted octanol–water partition coefficient (Wildman–Crippen LogP) is 1.93. The Hall–Kier alpha value is -2.43. The Morgan fingerprint density at radius 1 is 0.944 bits per heavy atom. The molecule has 2 rings (SSSR count). The first-order valence-corrected chi connectivity index (χ1v) is 5.40. The molecule has 0 saturated heterocycles. The van der Waals surface area contributed by atoms with Crippen LogP contribution in [0.1, 0.15) is 0 Å². The molecule has 4 N–H and O–H groups in total. The number of anilines is 2. The van der Waals surface area contributed by atoms with Gasteiger partial charge in [-0.1, -0.05) is 0 Å². The van der Waals surface area contributed by atoms with E-state index in [9.17, 15) is 0 Å². The van der Waals surface area contributed by atoms with Gasteiger partial charge in [-0.05, 0) is 24.3 Å². The molecule has 1 aromatic heterocycles. The van der Waals surface area contributed by atoms with Crippen molar-refractivity contribution in [3.05, 3.63) is 30.3 Å². The first-order valence-electron chi connectivity index (χ1n) is 5.40. The number of nitrogens with zero attached hydrogens (tertiary/aromatic N) is 1. The number of nitrogen functional groups attached to an aromatic ring is 2. The van der Waals surface area contributed by atoms with Gasteiger partial charge in [0.25, 0.3) is 0 Å². The molecule has 0 amide bonds. The number of methoxy groups -OCH3 is 2. The van der Waals surface area contributed by atoms with Crippen molar-refractivity contribution in [3.8, 4) is 22.6 Å². The first-order chi connectivity index (χ1) is 8.65. The molecule has 0 fully saturated rings. The summed E-state index contributed by atoms with van der Waals surface area (Å²) in [7, 11) is 3.20. The Bertz CT molecular complexity index is 570. The maximum Gasteiger partial charge on any atom is 0.133 e. The molecule has 18 heavy (non-hydrogen) atoms. The number of nitrogens with two attached hydrogens (primary N) is 2. The Labute approximate surface area is 105 Å². The molecule has 0 radical (unpaired) electrons. The van der Waals surface area contributed by atoms with E-state index in [2.05, 4.69) is 4.98 Å². The maximum atomic E-state index is 5.87. The van der Waals surface area contributed by atoms with Crippen molar-refractivity contribution in [3.63, 3.8) is 0 Å². The van der Waals surface area contributed by atoms with E-state index in [1.54, 1.807) is 26.4 Å². The van der Waals surface area contributed by atoms with Gasteiger partial charge in [0.05, 0.1) is 14.2 Å². The third-order valence-electron chi connectivity index (χ3n) is 2.65. The lowest BCUT2D eigenvalue weighted by Crippen LogP contribution is -1.99. The Balaban J connectivity index is 2.56. The van der Waals surface area contributed by atoms with Gasteiger partial charge in [-0.15, -0.1) is 0 Å². The van der Waals surface area contributed by atoms with Crippen LogP contribution in [0.15, 0.2) is 30.3 Å². The lowest BCUT2D eigenvalue weighted by Gasteiger charge is -2.12. The second-order valence-electron chi connectivity index (χ2n) is 3.74. The highest BCUT2D eigenvalue weighted by Gasteiger charge is 2.11. The largest absolute Gasteiger partial charge is 0.497 e. The lowest BCUT2D eigenvalue weighted by atomic mass is 10.1. The molecule has 5 heteroatoms. The van der Waals surface area contributed by atoms with Crippen molar-refractivity contribution in [2.75, 3.05) is 25.7 Å². The van der Waals surface area contributed by atoms with E-state index in [0.29, 0.717) is 17.4 Å². The molecule has 0 atom stereocenters. The van der Waals surface area contributed by atoms with Crippen molar-refractivity contribution >= 4 is 11.6 Å². The van der Waals surface area contributed by atoms with Crippen LogP contribution in [0.3, 0.4) is 0 Å². The number of hydrogen-bond donors (Lipinski definition) is 2. The Morgan fingerprint density at radius 3 is 2.28 bits per heavy atom. The van der Waals surface area contributed by atoms with Gasteiger partial charge in [0.15, 0.2) is 0 Å². The highest BCUT2D eigenvalue weighted by Crippen LogP contribution is 2.35. The molecule has 0 bridgehead atoms. The van der Waals surface area contributed by atoms with E-state index in [1.165, 1.54) is 0 Å². The fourth-order valence-corrected chi connectivity index (χ4v) is 1.74. The number of hydrogen-bond acceptors (Lipinski definition) is 5. The van der Waals surface area contributed by atoms with Gasteiger partial charge < -0.3 is 20.9 Å². The third kappa shape index (κ3) is 2.15. The molecule has 2 aromatic rings. The number of pyridine rings is 1. The monoisotopic (exact) mass is 245 g/mol. The van der Waals surface area contributed by atoms with Crippen molar-refractivity contribution < 1.29 is 9.47 Å². The molecule has 0 spiro atoms. The van der Waals surface area contributed by atoms with Gasteiger partial charge in [-0.3, -0.25) is 0 Å². The maximum absolute atomic E-state index is 5.87. The number of rotatable bonds is 3. The van der Waals surface area contributed by atoms with Gasteiger partial charge in [0.1, 0.15) is 23.1 Å². The van der Waals surface area contributed by atoms with Gasteiger partial charge in [0.2, 0.25) is 0 Å². The van der Waals surface area contributed by atoms with Crippen LogP contribution in [0.25, 0.3) is 11.1 Å². The zero-order valence-electron chi connectivity index (χ0n) is 10.3. The number of benzene rings is 1. The van der Waals surface area contributed by atoms with E-state index in [4.69, 9.17) is 20.9 Å². The fourth-order valence-electron chi connectivity index (χ4n) is 1.74. The molecule has 0 aliphatic carbocycles. The van der Waals surface area contributed by atoms with Crippen LogP contribution >= 0.6 is 0 Å². The van der Waals surface area contributed by atoms with Crippen molar-refractivity contribution in [1.82, 2.24) is 4.98 Å². The van der Waals surface area contributed by atoms with E-state index >= 15 is 0 Å². The molecule has 0 saturated carbocycles. The fraction of sp³-hybridized carbons (Fsp3) is 0.154. The van der Waals surface area contributed by atoms with Crippen LogP contribution in [0.5, 0.6) is 11.5 Å². The van der Waals surface area contributed by atoms with E-state index in [0.717, 1.165) is 16.9 Å². The summed E-state index contributed by atoms with van der Waals surface area (Å²) in [6.45, 7) is 0. The molecule has 0 aliphatic heterocycles. The van der Waals surface area contributed by atoms with E-state index < -0.39 is 0 Å². The van der Waals surface area contributed by atoms with Crippen LogP contribution in [0.4, 0.5) is 11.6 Å². The summed E-state index contributed by atoms with van der Waals surface area (Å²) in [6.07, 6.45) is 0. The minimum absolute atomic E-state index is 0.374. The summed E-state index contributed by atoms with van der Waals surface area (Å²) < 4.78 is 10.5. The smallest absolute Gasteiger partial charge is 0.133 e. The second-order valence-corrected chi connectivity index (χ2v) is 3.74. The summed E-state index contributed by atoms with van der Waals surface area (Å²) in [6, 6.07) is 9.04. The standard InChI is InChI=1S/C13H15N3O2/c1-17-8-3-4-9(11(7-8)18-2)10-5-6-12(14)16-13(10)15/h3-7H,1-2H3,(H4,14,15,16). The SMILES string of the molecule is COc1ccc(-c2ccc(N)nc2N)c(OC)c1. The molecule has 0 unspecified atom stereocenters. The summed E-state index contributed by atoms with van der Waals surface area (Å²) >= 11 is 0. The zero-order chi connectivity index (χ0) is 13.1. The van der Waals surface area contributed by atoms with E-state index in [1.807, 2.05) is 18.2 Å². The van der Waals surface area contributed by atoms with Gasteiger partial charge >= 0.3 is 0 Å². The van der Waals surface area contributed by atoms with Crippen LogP contribution < -0.4 is 20.9 Å². The Kier molecular flexibility index (Phi) is 3.23. The number of ether oxygens (including phenoxy) is 2. The summed E-state index contributed by atoms with van der Waals surface area (Å²) in [5.74, 6) is 2.16. The van der Waals surface area contributed by atoms with E-state index in [-0.39, 0.29) is 0 Å². The average molecular weight is 245 g/mol. The molecular weight excluding hydrogens is 230 g/mol. The minimum atomic E-state index is 0.374. The predicted molar refractivity (Wildman–Crippen MR) is 71.6 cm³/mol. The molecule has 1 aromatic carbocycles. The van der Waals surface area contributed by atoms with Gasteiger partial charge in [-0.2, -0.15) is 0 Å². The Morgan fingerprint density at radius 2 is 1.67 bits per heavy atom. The van der Waals surface area contributed by atoms with Crippen LogP contribution in [0, 0.1) is 0 Å². The lowest BCUT2D eigenvalue weighted by molar-refractivity contribution is 0.395. The highest BCUT2D eigenvalue weighted by molar-refractivity contribution is 5.79. The van der Waals surface area contributed by atoms with Crippen LogP contribution in [-0.2, 0) is 0 Å². The van der Waals surface area contributed by atoms with Crippen molar-refractivity contribution in [2.45, 2.75) is 0 Å². The quantitative estimate of drug-likeness (QED) is 0.863. The molecular formula is C13H15N3O2. The molecule has 0 aliphatic rings. The zero-order valence-corrected chi connectivity index (χ0v) is 10.3. The van der Waals surface area contributed by atoms with Crippen molar-refractivity contribution in [2.24, 2.45) is 0 Å². The first kappa shape index (κ1) is 12.0. The summed E-state index contributed by atoms with van der Waals surface area (Å²) in [4.78, 5) is 4.04. The van der Waals surface area contributed by atoms with Gasteiger partial charge in [-0.25, -0.2) is 4.98 Å². The van der Waals surface area contributed by atoms with Crippen LogP contribution in [0.2, 0.25) is 0 Å². The molecule has 1 heterocycles. The van der Waals surface area contributed by atoms with Crippen LogP contribution in [-0.4, -0.2) is 19.2 Å². The highest BCUT2D eigenvalue weighted by atomic mass is 16.5. The summed E-state index contributed by atoms with van der Waals surface area (Å²) in [5, 5.41) is 0. The van der Waals surface area contributed by atoms with Crippen molar-refractivity contribution in [1.29, 1.82) is 0 Å². The third-order valence-corrected chi connectivity index (χ3v) is 2.65. The minimum Gasteiger partial charge on any atom is -0.497 e. The van der Waals surface area contributed by atoms with Gasteiger partial charge in [0, 0.05) is 17.2 Å². The average Bonchev–Trinajstić information content (AvgIpc) is 2.38. The topological polar surface area (TPSA) is 83.4 Å². The summed E-state index contributed by atoms with van der Waals surface area (Å²) in [5.41, 5.74) is 13.1. The molecule has 94 valence electrons. The number of aromatic nitrogens is 1.